The van der Waals surface area contributed by atoms with Crippen molar-refractivity contribution in [2.75, 3.05) is 116 Å². The molecule has 8 aromatic carbocycles. The molecule has 122 heavy (non-hydrogen) atoms. The Morgan fingerprint density at radius 3 is 0.975 bits per heavy atom. The number of aliphatic carboxylic acids is 2. The summed E-state index contributed by atoms with van der Waals surface area (Å²) in [7, 11) is 0. The number of ether oxygens (including phenoxy) is 2. The van der Waals surface area contributed by atoms with Gasteiger partial charge in [0, 0.05) is 156 Å². The molecule has 0 spiro atoms. The first kappa shape index (κ1) is 102. The molecule has 0 radical (unpaired) electrons. The van der Waals surface area contributed by atoms with Gasteiger partial charge in [0.2, 0.25) is 27.1 Å². The SMILES string of the molecule is CCCN(CCC)c1ccccc1.CCCN(CCCC(=O)O)c1ccc(-c2c(O)c(=O)c2=O)cc1.CCCN(CCCC(=O)O)c1ccc(C2=C([O-])C(=C3C=CC(=[N+](CCC)CCC)C=C3)C2=O)cc1.CCCN(CCCC(=O)OCC)c1ccc(-c2c(Cl)c(=O)c2=O)cc1.CCCN(CCCC(=O)OCC)c1ccccc1.O=c1c(Cl)c(Cl)c1=O. The number of halogens is 3. The number of aromatic hydroxyl groups is 1. The van der Waals surface area contributed by atoms with Gasteiger partial charge in [-0.05, 0) is 173 Å². The van der Waals surface area contributed by atoms with E-state index in [-0.39, 0.29) is 68.1 Å². The lowest BCUT2D eigenvalue weighted by Gasteiger charge is -2.32. The first-order valence-corrected chi connectivity index (χ1v) is 43.5. The molecular formula is C96H119Cl3N6O17. The van der Waals surface area contributed by atoms with Gasteiger partial charge < -0.3 is 54.4 Å². The van der Waals surface area contributed by atoms with Crippen LogP contribution in [0.1, 0.15) is 178 Å². The maximum absolute atomic E-state index is 13.0. The number of esters is 2. The van der Waals surface area contributed by atoms with Gasteiger partial charge in [-0.1, -0.05) is 169 Å². The number of benzene rings is 5. The fraction of sp³-hybridized carbons (Fsp3) is 0.417. The van der Waals surface area contributed by atoms with Crippen molar-refractivity contribution < 1.29 is 58.4 Å². The molecule has 0 bridgehead atoms. The van der Waals surface area contributed by atoms with Crippen LogP contribution >= 0.6 is 34.8 Å². The van der Waals surface area contributed by atoms with Crippen molar-refractivity contribution in [3.63, 3.8) is 0 Å². The minimum Gasteiger partial charge on any atom is -0.871 e. The van der Waals surface area contributed by atoms with Gasteiger partial charge in [-0.25, -0.2) is 4.58 Å². The Morgan fingerprint density at radius 2 is 0.672 bits per heavy atom. The molecule has 0 atom stereocenters. The van der Waals surface area contributed by atoms with Crippen LogP contribution in [0.4, 0.5) is 28.4 Å². The second-order valence-corrected chi connectivity index (χ2v) is 30.2. The third-order valence-electron chi connectivity index (χ3n) is 19.6. The highest BCUT2D eigenvalue weighted by Crippen LogP contribution is 2.38. The number of carboxylic acids is 2. The molecule has 0 saturated carbocycles. The van der Waals surface area contributed by atoms with Crippen molar-refractivity contribution in [2.24, 2.45) is 0 Å². The van der Waals surface area contributed by atoms with Crippen LogP contribution in [0.25, 0.3) is 27.8 Å². The van der Waals surface area contributed by atoms with E-state index >= 15 is 0 Å². The predicted molar refractivity (Wildman–Crippen MR) is 492 cm³/mol. The quantitative estimate of drug-likeness (QED) is 0.0138. The van der Waals surface area contributed by atoms with Crippen LogP contribution in [0.3, 0.4) is 0 Å². The summed E-state index contributed by atoms with van der Waals surface area (Å²) >= 11 is 16.1. The third-order valence-corrected chi connectivity index (χ3v) is 20.8. The van der Waals surface area contributed by atoms with Crippen LogP contribution < -0.4 is 62.2 Å². The third kappa shape index (κ3) is 30.8. The number of Topliss-reactive ketones (excluding diaryl/α,β-unsaturated/α-hetero) is 1. The van der Waals surface area contributed by atoms with E-state index in [1.807, 2.05) is 105 Å². The van der Waals surface area contributed by atoms with Crippen molar-refractivity contribution in [3.05, 3.63) is 257 Å². The summed E-state index contributed by atoms with van der Waals surface area (Å²) in [5, 5.41) is 39.8. The number of carboxylic acid groups (broad SMARTS) is 2. The Morgan fingerprint density at radius 1 is 0.361 bits per heavy atom. The van der Waals surface area contributed by atoms with Gasteiger partial charge in [-0.3, -0.25) is 52.7 Å². The number of hydrogen-bond acceptors (Lipinski definition) is 20. The molecule has 10 rings (SSSR count). The summed E-state index contributed by atoms with van der Waals surface area (Å²) in [6, 6.07) is 42.8. The number of hydrogen-bond donors (Lipinski definition) is 3. The molecule has 656 valence electrons. The normalized spacial score (nSPS) is 11.8. The number of para-hydroxylation sites is 2. The van der Waals surface area contributed by atoms with Gasteiger partial charge in [-0.15, -0.1) is 0 Å². The second-order valence-electron chi connectivity index (χ2n) is 29.0. The Balaban J connectivity index is 0.000000273. The summed E-state index contributed by atoms with van der Waals surface area (Å²) in [5.41, 5.74) is 5.87. The molecule has 0 aliphatic heterocycles. The Bertz CT molecular complexity index is 4970. The molecule has 0 saturated heterocycles. The van der Waals surface area contributed by atoms with Crippen molar-refractivity contribution in [3.8, 4) is 28.0 Å². The van der Waals surface area contributed by atoms with Crippen LogP contribution in [0.15, 0.2) is 203 Å². The highest BCUT2D eigenvalue weighted by Gasteiger charge is 2.31. The number of rotatable bonds is 42. The van der Waals surface area contributed by atoms with Crippen molar-refractivity contribution in [1.82, 2.24) is 0 Å². The van der Waals surface area contributed by atoms with Gasteiger partial charge in [-0.2, -0.15) is 0 Å². The summed E-state index contributed by atoms with van der Waals surface area (Å²) in [4.78, 5) is 134. The summed E-state index contributed by atoms with van der Waals surface area (Å²) in [6.07, 6.45) is 20.1. The van der Waals surface area contributed by atoms with E-state index in [2.05, 4.69) is 120 Å². The fourth-order valence-electron chi connectivity index (χ4n) is 13.7. The zero-order valence-electron chi connectivity index (χ0n) is 72.1. The molecule has 2 aliphatic rings. The van der Waals surface area contributed by atoms with E-state index < -0.39 is 50.3 Å². The van der Waals surface area contributed by atoms with Crippen molar-refractivity contribution in [2.45, 2.75) is 172 Å². The van der Waals surface area contributed by atoms with Crippen LogP contribution in [0.2, 0.25) is 15.1 Å². The van der Waals surface area contributed by atoms with E-state index in [0.717, 1.165) is 133 Å². The van der Waals surface area contributed by atoms with E-state index in [1.165, 1.54) is 24.2 Å². The van der Waals surface area contributed by atoms with Gasteiger partial charge in [0.05, 0.1) is 24.3 Å². The molecule has 0 amide bonds. The van der Waals surface area contributed by atoms with Crippen LogP contribution in [-0.4, -0.2) is 147 Å². The van der Waals surface area contributed by atoms with Crippen molar-refractivity contribution in [1.29, 1.82) is 0 Å². The summed E-state index contributed by atoms with van der Waals surface area (Å²) in [6.45, 7) is 32.4. The predicted octanol–water partition coefficient (Wildman–Crippen LogP) is 16.2. The molecule has 8 aromatic rings. The summed E-state index contributed by atoms with van der Waals surface area (Å²) in [5.74, 6) is -2.77. The molecule has 0 heterocycles. The summed E-state index contributed by atoms with van der Waals surface area (Å²) < 4.78 is 12.2. The zero-order valence-corrected chi connectivity index (χ0v) is 74.4. The first-order valence-electron chi connectivity index (χ1n) is 42.4. The lowest BCUT2D eigenvalue weighted by Crippen LogP contribution is -2.33. The minimum absolute atomic E-state index is 0.0117. The number of carbonyl (C=O) groups excluding carboxylic acids is 3. The molecule has 3 N–H and O–H groups in total. The van der Waals surface area contributed by atoms with Crippen molar-refractivity contribution >= 4 is 104 Å². The number of anilines is 5. The number of carbonyl (C=O) groups is 5. The molecule has 0 aromatic heterocycles. The fourth-order valence-corrected chi connectivity index (χ4v) is 14.3. The zero-order chi connectivity index (χ0) is 89.8. The van der Waals surface area contributed by atoms with E-state index in [9.17, 15) is 63.0 Å². The molecule has 0 fully saturated rings. The van der Waals surface area contributed by atoms with E-state index in [4.69, 9.17) is 54.5 Å². The van der Waals surface area contributed by atoms with Gasteiger partial charge in [0.15, 0.2) is 17.2 Å². The maximum atomic E-state index is 13.0. The average molecular weight is 1740 g/mol. The largest absolute Gasteiger partial charge is 0.871 e. The maximum Gasteiger partial charge on any atom is 0.305 e. The molecular weight excluding hydrogens is 1620 g/mol. The average Bonchev–Trinajstić information content (AvgIpc) is 0.747. The topological polar surface area (TPSA) is 309 Å². The lowest BCUT2D eigenvalue weighted by molar-refractivity contribution is -0.526. The van der Waals surface area contributed by atoms with Crippen LogP contribution in [0.5, 0.6) is 5.75 Å². The van der Waals surface area contributed by atoms with Gasteiger partial charge in [0.25, 0.3) is 5.43 Å². The lowest BCUT2D eigenvalue weighted by atomic mass is 9.80. The Labute approximate surface area is 731 Å². The first-order chi connectivity index (χ1) is 58.6. The Hall–Kier alpha value is -11.0. The smallest absolute Gasteiger partial charge is 0.305 e. The van der Waals surface area contributed by atoms with Gasteiger partial charge >= 0.3 is 23.9 Å². The second kappa shape index (κ2) is 54.4. The minimum atomic E-state index is -0.842. The van der Waals surface area contributed by atoms with Crippen LogP contribution in [0, 0.1) is 0 Å². The Kier molecular flexibility index (Phi) is 45.3. The number of nitrogens with zero attached hydrogens (tertiary/aromatic N) is 6. The monoisotopic (exact) mass is 1730 g/mol. The highest BCUT2D eigenvalue weighted by atomic mass is 35.5. The molecule has 23 nitrogen and oxygen atoms in total. The molecule has 26 heteroatoms. The van der Waals surface area contributed by atoms with E-state index in [1.54, 1.807) is 31.2 Å². The van der Waals surface area contributed by atoms with Crippen LogP contribution in [-0.2, 0) is 33.4 Å². The highest BCUT2D eigenvalue weighted by molar-refractivity contribution is 6.43. The molecule has 2 aliphatic carbocycles. The van der Waals surface area contributed by atoms with E-state index in [0.29, 0.717) is 86.2 Å². The molecule has 0 unspecified atom stereocenters. The number of allylic oxidation sites excluding steroid dienone is 7. The standard InChI is InChI=1S/C29H36N2O4.C19H22ClNO4.C17H19NO5.C15H23NO2.C12H19N.C4Cl2O2/c1-4-17-30(18-5-2)23-13-9-21(10-14-23)26-28(34)27(29(26)35)22-11-15-24(16-12-22)31(19-6-3)20-7-8-25(32)33;1-3-11-21(12-5-6-15(22)25-4-2)14-9-7-13(8-10-14)16-17(20)19(24)18(16)23;1-2-9-18(10-3-4-13(19)20)12-7-5-11(6-8-12)14-15(21)17(23)16(14)22;1-3-12-16(14-9-6-5-7-10-14)13-8-11-15(17)18-4-2;1-3-10-13(11-4-2)12-8-6-5-7-9-12;5-1-2(6)4(8)3(1)7/h9-16H,4-8,17-20H2,1-3H3,(H-,32,33,34,35);7-10H,3-6,11-12H2,1-2H3;5-8,21H,2-4,9-10H2,1H3,(H,19,20);5-7,9-10H,3-4,8,11-13H2,1-2H3;5-9H,3-4,10-11H2,1-2H3;. The number of ketones is 1. The van der Waals surface area contributed by atoms with Gasteiger partial charge in [0.1, 0.15) is 28.2 Å².